The average molecular weight is 243 g/mol. The fraction of sp³-hybridized carbons (Fsp3) is 0.917. The lowest BCUT2D eigenvalue weighted by molar-refractivity contribution is -0.139. The van der Waals surface area contributed by atoms with Gasteiger partial charge in [0.05, 0.1) is 0 Å². The SMILES string of the molecule is CCN1CCC(N(C)CC(NC)C(=O)O)CC1. The maximum absolute atomic E-state index is 10.9. The zero-order valence-corrected chi connectivity index (χ0v) is 11.1. The number of nitrogens with zero attached hydrogens (tertiary/aromatic N) is 2. The second kappa shape index (κ2) is 6.93. The smallest absolute Gasteiger partial charge is 0.322 e. The number of carbonyl (C=O) groups is 1. The Morgan fingerprint density at radius 1 is 1.53 bits per heavy atom. The molecule has 0 aromatic heterocycles. The number of hydrogen-bond acceptors (Lipinski definition) is 4. The highest BCUT2D eigenvalue weighted by atomic mass is 16.4. The van der Waals surface area contributed by atoms with Gasteiger partial charge < -0.3 is 20.2 Å². The van der Waals surface area contributed by atoms with Crippen LogP contribution in [0.4, 0.5) is 0 Å². The van der Waals surface area contributed by atoms with Crippen LogP contribution in [0.3, 0.4) is 0 Å². The van der Waals surface area contributed by atoms with Gasteiger partial charge in [0.15, 0.2) is 0 Å². The van der Waals surface area contributed by atoms with E-state index in [1.165, 1.54) is 0 Å². The Labute approximate surface area is 104 Å². The van der Waals surface area contributed by atoms with Gasteiger partial charge in [-0.05, 0) is 46.6 Å². The van der Waals surface area contributed by atoms with Crippen molar-refractivity contribution in [1.82, 2.24) is 15.1 Å². The standard InChI is InChI=1S/C12H25N3O2/c1-4-15-7-5-10(6-8-15)14(3)9-11(13-2)12(16)17/h10-11,13H,4-9H2,1-3H3,(H,16,17). The molecule has 0 aromatic rings. The lowest BCUT2D eigenvalue weighted by Gasteiger charge is -2.37. The van der Waals surface area contributed by atoms with Crippen molar-refractivity contribution in [3.8, 4) is 0 Å². The molecule has 2 N–H and O–H groups in total. The number of carboxylic acid groups (broad SMARTS) is 1. The number of hydrogen-bond donors (Lipinski definition) is 2. The van der Waals surface area contributed by atoms with Gasteiger partial charge in [-0.2, -0.15) is 0 Å². The van der Waals surface area contributed by atoms with Crippen LogP contribution in [0.5, 0.6) is 0 Å². The first kappa shape index (κ1) is 14.4. The molecule has 0 spiro atoms. The molecule has 17 heavy (non-hydrogen) atoms. The molecule has 1 aliphatic heterocycles. The van der Waals surface area contributed by atoms with Gasteiger partial charge in [0, 0.05) is 12.6 Å². The van der Waals surface area contributed by atoms with Crippen molar-refractivity contribution in [3.05, 3.63) is 0 Å². The Kier molecular flexibility index (Phi) is 5.88. The van der Waals surface area contributed by atoms with E-state index in [2.05, 4.69) is 22.0 Å². The quantitative estimate of drug-likeness (QED) is 0.692. The molecule has 1 rings (SSSR count). The molecule has 1 aliphatic rings. The third-order valence-corrected chi connectivity index (χ3v) is 3.74. The fourth-order valence-electron chi connectivity index (χ4n) is 2.41. The molecule has 5 nitrogen and oxygen atoms in total. The predicted octanol–water partition coefficient (Wildman–Crippen LogP) is 0.0751. The van der Waals surface area contributed by atoms with Crippen LogP contribution in [0.2, 0.25) is 0 Å². The Bertz CT molecular complexity index is 240. The van der Waals surface area contributed by atoms with E-state index >= 15 is 0 Å². The van der Waals surface area contributed by atoms with E-state index < -0.39 is 12.0 Å². The van der Waals surface area contributed by atoms with Crippen molar-refractivity contribution < 1.29 is 9.90 Å². The molecule has 1 unspecified atom stereocenters. The van der Waals surface area contributed by atoms with Crippen LogP contribution in [-0.4, -0.2) is 73.2 Å². The van der Waals surface area contributed by atoms with Crippen molar-refractivity contribution in [2.45, 2.75) is 31.8 Å². The number of piperidine rings is 1. The number of rotatable bonds is 6. The zero-order chi connectivity index (χ0) is 12.8. The van der Waals surface area contributed by atoms with Gasteiger partial charge in [-0.1, -0.05) is 6.92 Å². The molecule has 1 saturated heterocycles. The molecule has 100 valence electrons. The summed E-state index contributed by atoms with van der Waals surface area (Å²) >= 11 is 0. The third-order valence-electron chi connectivity index (χ3n) is 3.74. The van der Waals surface area contributed by atoms with Crippen LogP contribution in [0.1, 0.15) is 19.8 Å². The van der Waals surface area contributed by atoms with E-state index in [0.29, 0.717) is 12.6 Å². The zero-order valence-electron chi connectivity index (χ0n) is 11.1. The minimum atomic E-state index is -0.773. The summed E-state index contributed by atoms with van der Waals surface area (Å²) in [6.45, 7) is 6.13. The van der Waals surface area contributed by atoms with Gasteiger partial charge in [0.2, 0.25) is 0 Å². The highest BCUT2D eigenvalue weighted by Crippen LogP contribution is 2.15. The first-order valence-corrected chi connectivity index (χ1v) is 6.41. The Morgan fingerprint density at radius 2 is 2.12 bits per heavy atom. The minimum absolute atomic E-state index is 0.468. The van der Waals surface area contributed by atoms with E-state index in [1.807, 2.05) is 7.05 Å². The summed E-state index contributed by atoms with van der Waals surface area (Å²) in [5.41, 5.74) is 0. The molecular formula is C12H25N3O2. The monoisotopic (exact) mass is 243 g/mol. The third kappa shape index (κ3) is 4.26. The van der Waals surface area contributed by atoms with Crippen LogP contribution in [-0.2, 0) is 4.79 Å². The summed E-state index contributed by atoms with van der Waals surface area (Å²) in [5, 5.41) is 11.8. The minimum Gasteiger partial charge on any atom is -0.480 e. The number of nitrogens with one attached hydrogen (secondary N) is 1. The molecule has 1 fully saturated rings. The largest absolute Gasteiger partial charge is 0.480 e. The van der Waals surface area contributed by atoms with E-state index in [4.69, 9.17) is 5.11 Å². The second-order valence-electron chi connectivity index (χ2n) is 4.78. The van der Waals surface area contributed by atoms with E-state index in [0.717, 1.165) is 32.5 Å². The highest BCUT2D eigenvalue weighted by molar-refractivity contribution is 5.73. The Morgan fingerprint density at radius 3 is 2.53 bits per heavy atom. The van der Waals surface area contributed by atoms with Crippen molar-refractivity contribution in [2.24, 2.45) is 0 Å². The topological polar surface area (TPSA) is 55.8 Å². The molecule has 0 radical (unpaired) electrons. The number of likely N-dealkylation sites (N-methyl/N-ethyl adjacent to an activating group) is 2. The second-order valence-corrected chi connectivity index (χ2v) is 4.78. The van der Waals surface area contributed by atoms with Gasteiger partial charge >= 0.3 is 5.97 Å². The van der Waals surface area contributed by atoms with Crippen LogP contribution in [0.15, 0.2) is 0 Å². The van der Waals surface area contributed by atoms with Crippen molar-refractivity contribution in [1.29, 1.82) is 0 Å². The summed E-state index contributed by atoms with van der Waals surface area (Å²) in [6, 6.07) is 0.0530. The van der Waals surface area contributed by atoms with Gasteiger partial charge in [0.25, 0.3) is 0 Å². The molecule has 0 bridgehead atoms. The van der Waals surface area contributed by atoms with Crippen LogP contribution in [0, 0.1) is 0 Å². The van der Waals surface area contributed by atoms with Gasteiger partial charge in [-0.15, -0.1) is 0 Å². The number of likely N-dealkylation sites (tertiary alicyclic amines) is 1. The van der Waals surface area contributed by atoms with Gasteiger partial charge in [0.1, 0.15) is 6.04 Å². The predicted molar refractivity (Wildman–Crippen MR) is 68.2 cm³/mol. The van der Waals surface area contributed by atoms with Crippen molar-refractivity contribution >= 4 is 5.97 Å². The molecule has 5 heteroatoms. The molecular weight excluding hydrogens is 218 g/mol. The highest BCUT2D eigenvalue weighted by Gasteiger charge is 2.25. The molecule has 1 atom stereocenters. The summed E-state index contributed by atoms with van der Waals surface area (Å²) in [7, 11) is 3.73. The van der Waals surface area contributed by atoms with E-state index in [-0.39, 0.29) is 0 Å². The normalized spacial score (nSPS) is 20.7. The molecule has 0 saturated carbocycles. The summed E-state index contributed by atoms with van der Waals surface area (Å²) in [6.07, 6.45) is 2.28. The van der Waals surface area contributed by atoms with Crippen LogP contribution < -0.4 is 5.32 Å². The lowest BCUT2D eigenvalue weighted by atomic mass is 10.0. The molecule has 1 heterocycles. The van der Waals surface area contributed by atoms with Crippen LogP contribution >= 0.6 is 0 Å². The Hall–Kier alpha value is -0.650. The molecule has 0 aromatic carbocycles. The number of aliphatic carboxylic acids is 1. The molecule has 0 aliphatic carbocycles. The lowest BCUT2D eigenvalue weighted by Crippen LogP contribution is -2.49. The first-order chi connectivity index (χ1) is 8.08. The average Bonchev–Trinajstić information content (AvgIpc) is 2.35. The Balaban J connectivity index is 2.38. The maximum atomic E-state index is 10.9. The van der Waals surface area contributed by atoms with Gasteiger partial charge in [-0.25, -0.2) is 0 Å². The fourth-order valence-corrected chi connectivity index (χ4v) is 2.41. The van der Waals surface area contributed by atoms with E-state index in [9.17, 15) is 4.79 Å². The van der Waals surface area contributed by atoms with Crippen LogP contribution in [0.25, 0.3) is 0 Å². The number of carboxylic acids is 1. The van der Waals surface area contributed by atoms with E-state index in [1.54, 1.807) is 7.05 Å². The summed E-state index contributed by atoms with van der Waals surface area (Å²) < 4.78 is 0. The molecule has 0 amide bonds. The summed E-state index contributed by atoms with van der Waals surface area (Å²) in [4.78, 5) is 15.6. The maximum Gasteiger partial charge on any atom is 0.322 e. The van der Waals surface area contributed by atoms with Crippen molar-refractivity contribution in [2.75, 3.05) is 40.3 Å². The van der Waals surface area contributed by atoms with Crippen molar-refractivity contribution in [3.63, 3.8) is 0 Å². The first-order valence-electron chi connectivity index (χ1n) is 6.41. The summed E-state index contributed by atoms with van der Waals surface area (Å²) in [5.74, 6) is -0.773. The van der Waals surface area contributed by atoms with Gasteiger partial charge in [-0.3, -0.25) is 4.79 Å².